The van der Waals surface area contributed by atoms with Crippen LogP contribution >= 0.6 is 0 Å². The molecule has 0 N–H and O–H groups in total. The van der Waals surface area contributed by atoms with Crippen LogP contribution in [0.1, 0.15) is 179 Å². The molecule has 0 heterocycles. The normalized spacial score (nSPS) is 16.8. The summed E-state index contributed by atoms with van der Waals surface area (Å²) >= 11 is 0. The summed E-state index contributed by atoms with van der Waals surface area (Å²) in [6.45, 7) is 50.4. The highest BCUT2D eigenvalue weighted by molar-refractivity contribution is 7.13. The van der Waals surface area contributed by atoms with Gasteiger partial charge in [0.2, 0.25) is 0 Å². The first-order valence-corrected chi connectivity index (χ1v) is 22.1. The van der Waals surface area contributed by atoms with Crippen LogP contribution in [-0.4, -0.2) is 8.07 Å². The first-order valence-electron chi connectivity index (χ1n) is 20.1. The van der Waals surface area contributed by atoms with E-state index in [-0.39, 0.29) is 43.4 Å². The summed E-state index contributed by atoms with van der Waals surface area (Å²) in [5.41, 5.74) is 10.4. The largest absolute Gasteiger partial charge is 0.159 e. The lowest BCUT2D eigenvalue weighted by molar-refractivity contribution is 0.495. The molecule has 52 heavy (non-hydrogen) atoms. The lowest BCUT2D eigenvalue weighted by Crippen LogP contribution is -2.71. The highest BCUT2D eigenvalue weighted by atomic mass is 28.3. The highest BCUT2D eigenvalue weighted by Gasteiger charge is 2.51. The van der Waals surface area contributed by atoms with Crippen molar-refractivity contribution in [1.82, 2.24) is 0 Å². The van der Waals surface area contributed by atoms with E-state index >= 15 is 0 Å². The zero-order chi connectivity index (χ0) is 39.8. The minimum absolute atomic E-state index is 0.00197. The summed E-state index contributed by atoms with van der Waals surface area (Å²) in [5.74, 6) is 0. The molecule has 0 fully saturated rings. The minimum Gasteiger partial charge on any atom is -0.0790 e. The van der Waals surface area contributed by atoms with Crippen molar-refractivity contribution < 1.29 is 0 Å². The van der Waals surface area contributed by atoms with E-state index in [1.54, 1.807) is 5.57 Å². The SMILES string of the molecule is CC(C)(C)C1=CC=CC1[Si](c1cc(C(C)(C)C)cc(C(C)(C)C)c1)(c1cc(C(C)(C)C)cc(C(C)(C)C)c1)c1cc(C(C)(C)C)cc(C(C)(C)C)c1. The van der Waals surface area contributed by atoms with Gasteiger partial charge in [-0.3, -0.25) is 0 Å². The van der Waals surface area contributed by atoms with Gasteiger partial charge < -0.3 is 0 Å². The first-order chi connectivity index (χ1) is 23.2. The molecule has 1 atom stereocenters. The lowest BCUT2D eigenvalue weighted by atomic mass is 9.80. The van der Waals surface area contributed by atoms with Crippen LogP contribution in [0.2, 0.25) is 5.54 Å². The second kappa shape index (κ2) is 13.3. The lowest BCUT2D eigenvalue weighted by Gasteiger charge is -2.45. The molecule has 0 bridgehead atoms. The molecule has 0 aliphatic heterocycles. The molecule has 0 aromatic heterocycles. The summed E-state index contributed by atoms with van der Waals surface area (Å²) in [4.78, 5) is 0. The molecule has 1 heteroatoms. The smallest absolute Gasteiger partial charge is 0.0790 e. The fraction of sp³-hybridized carbons (Fsp3) is 0.569. The maximum atomic E-state index is 2.66. The van der Waals surface area contributed by atoms with Crippen molar-refractivity contribution in [1.29, 1.82) is 0 Å². The molecule has 0 nitrogen and oxygen atoms in total. The van der Waals surface area contributed by atoms with E-state index in [0.29, 0.717) is 0 Å². The standard InChI is InChI=1S/C51H76Si/c1-45(2,3)34-25-35(46(4,5)6)29-40(28-34)52(44-24-22-23-43(44)51(19,20)21,41-30-36(47(7,8)9)26-37(31-41)48(10,11)12)42-32-38(49(13,14)15)27-39(33-42)50(16,17)18/h22-33,44H,1-21H3. The van der Waals surface area contributed by atoms with Gasteiger partial charge in [-0.2, -0.15) is 0 Å². The minimum atomic E-state index is -2.98. The van der Waals surface area contributed by atoms with Gasteiger partial charge in [0.05, 0.1) is 0 Å². The fourth-order valence-corrected chi connectivity index (χ4v) is 13.5. The molecule has 1 aliphatic carbocycles. The summed E-state index contributed by atoms with van der Waals surface area (Å²) in [6.07, 6.45) is 7.47. The molecular formula is C51H76Si. The van der Waals surface area contributed by atoms with Gasteiger partial charge in [-0.15, -0.1) is 0 Å². The molecule has 284 valence electrons. The molecule has 3 aromatic rings. The third-order valence-electron chi connectivity index (χ3n) is 11.6. The van der Waals surface area contributed by atoms with Crippen molar-refractivity contribution in [2.75, 3.05) is 0 Å². The van der Waals surface area contributed by atoms with Gasteiger partial charge in [-0.1, -0.05) is 224 Å². The van der Waals surface area contributed by atoms with Crippen molar-refractivity contribution in [3.05, 3.63) is 112 Å². The van der Waals surface area contributed by atoms with Crippen molar-refractivity contribution >= 4 is 23.6 Å². The Hall–Kier alpha value is -2.64. The van der Waals surface area contributed by atoms with Crippen LogP contribution in [0, 0.1) is 5.41 Å². The van der Waals surface area contributed by atoms with E-state index < -0.39 is 8.07 Å². The monoisotopic (exact) mass is 717 g/mol. The summed E-state index contributed by atoms with van der Waals surface area (Å²) in [5, 5.41) is 4.61. The summed E-state index contributed by atoms with van der Waals surface area (Å²) < 4.78 is 0. The Labute approximate surface area is 323 Å². The van der Waals surface area contributed by atoms with Gasteiger partial charge in [-0.25, -0.2) is 0 Å². The number of hydrogen-bond donors (Lipinski definition) is 0. The van der Waals surface area contributed by atoms with Crippen molar-refractivity contribution in [3.8, 4) is 0 Å². The Kier molecular flexibility index (Phi) is 10.8. The van der Waals surface area contributed by atoms with Crippen LogP contribution in [0.4, 0.5) is 0 Å². The molecule has 1 unspecified atom stereocenters. The molecule has 0 saturated heterocycles. The highest BCUT2D eigenvalue weighted by Crippen LogP contribution is 2.46. The van der Waals surface area contributed by atoms with Crippen LogP contribution in [0.15, 0.2) is 78.4 Å². The third-order valence-corrected chi connectivity index (χ3v) is 16.6. The number of benzene rings is 3. The van der Waals surface area contributed by atoms with Gasteiger partial charge in [-0.05, 0) is 86.8 Å². The number of rotatable bonds is 4. The maximum Gasteiger partial charge on any atom is 0.159 e. The Balaban J connectivity index is 2.49. The van der Waals surface area contributed by atoms with Crippen LogP contribution in [0.25, 0.3) is 0 Å². The maximum absolute atomic E-state index is 2.98. The van der Waals surface area contributed by atoms with Crippen LogP contribution < -0.4 is 15.6 Å². The van der Waals surface area contributed by atoms with Crippen LogP contribution in [0.5, 0.6) is 0 Å². The summed E-state index contributed by atoms with van der Waals surface area (Å²) in [7, 11) is -2.98. The third kappa shape index (κ3) is 8.51. The van der Waals surface area contributed by atoms with Crippen molar-refractivity contribution in [3.63, 3.8) is 0 Å². The molecule has 0 spiro atoms. The van der Waals surface area contributed by atoms with Gasteiger partial charge in [0, 0.05) is 5.54 Å². The second-order valence-electron chi connectivity index (χ2n) is 23.4. The van der Waals surface area contributed by atoms with E-state index in [1.165, 1.54) is 48.9 Å². The van der Waals surface area contributed by atoms with Crippen molar-refractivity contribution in [2.45, 2.75) is 183 Å². The second-order valence-corrected chi connectivity index (χ2v) is 27.4. The first kappa shape index (κ1) is 42.1. The van der Waals surface area contributed by atoms with Crippen LogP contribution in [-0.2, 0) is 32.5 Å². The van der Waals surface area contributed by atoms with Gasteiger partial charge in [0.15, 0.2) is 8.07 Å². The van der Waals surface area contributed by atoms with E-state index in [9.17, 15) is 0 Å². The zero-order valence-corrected chi connectivity index (χ0v) is 38.5. The average Bonchev–Trinajstić information content (AvgIpc) is 3.46. The zero-order valence-electron chi connectivity index (χ0n) is 37.5. The Morgan fingerprint density at radius 3 is 0.750 bits per heavy atom. The van der Waals surface area contributed by atoms with E-state index in [0.717, 1.165) is 0 Å². The molecule has 3 aromatic carbocycles. The fourth-order valence-electron chi connectivity index (χ4n) is 7.77. The molecule has 0 amide bonds. The van der Waals surface area contributed by atoms with E-state index in [1.807, 2.05) is 0 Å². The molecule has 1 aliphatic rings. The van der Waals surface area contributed by atoms with Crippen molar-refractivity contribution in [2.24, 2.45) is 5.41 Å². The van der Waals surface area contributed by atoms with Crippen LogP contribution in [0.3, 0.4) is 0 Å². The number of hydrogen-bond acceptors (Lipinski definition) is 0. The van der Waals surface area contributed by atoms with Gasteiger partial charge in [0.25, 0.3) is 0 Å². The predicted octanol–water partition coefficient (Wildman–Crippen LogP) is 12.9. The average molecular weight is 717 g/mol. The van der Waals surface area contributed by atoms with E-state index in [4.69, 9.17) is 0 Å². The Morgan fingerprint density at radius 2 is 0.558 bits per heavy atom. The molecule has 0 saturated carbocycles. The molecule has 0 radical (unpaired) electrons. The summed E-state index contributed by atoms with van der Waals surface area (Å²) in [6, 6.07) is 23.5. The topological polar surface area (TPSA) is 0 Å². The Morgan fingerprint density at radius 1 is 0.327 bits per heavy atom. The molecule has 4 rings (SSSR count). The Bertz CT molecular complexity index is 1560. The number of allylic oxidation sites excluding steroid dienone is 4. The van der Waals surface area contributed by atoms with E-state index in [2.05, 4.69) is 218 Å². The molecular weight excluding hydrogens is 641 g/mol. The van der Waals surface area contributed by atoms with Gasteiger partial charge >= 0.3 is 0 Å². The van der Waals surface area contributed by atoms with Gasteiger partial charge in [0.1, 0.15) is 0 Å². The quantitative estimate of drug-likeness (QED) is 0.186. The predicted molar refractivity (Wildman–Crippen MR) is 237 cm³/mol.